The Kier molecular flexibility index (Phi) is 4.43. The standard InChI is InChI=1S/C15H16ClN3O2/c1-9(2)15-18-12(16)7-13(20)19(15)8-10-5-3-4-6-11(10)14(17)21/h3-7,9H,8H2,1-2H3,(H2,17,21). The zero-order valence-electron chi connectivity index (χ0n) is 11.8. The van der Waals surface area contributed by atoms with Gasteiger partial charge in [0.15, 0.2) is 0 Å². The Morgan fingerprint density at radius 2 is 2.05 bits per heavy atom. The van der Waals surface area contributed by atoms with Crippen LogP contribution in [0.15, 0.2) is 35.1 Å². The summed E-state index contributed by atoms with van der Waals surface area (Å²) in [6.45, 7) is 4.08. The number of carbonyl (C=O) groups excluding carboxylic acids is 1. The van der Waals surface area contributed by atoms with Crippen LogP contribution in [-0.2, 0) is 6.54 Å². The molecule has 110 valence electrons. The van der Waals surface area contributed by atoms with E-state index in [-0.39, 0.29) is 23.2 Å². The minimum atomic E-state index is -0.522. The van der Waals surface area contributed by atoms with E-state index in [2.05, 4.69) is 4.98 Å². The molecule has 21 heavy (non-hydrogen) atoms. The molecule has 1 heterocycles. The number of nitrogens with two attached hydrogens (primary N) is 1. The summed E-state index contributed by atoms with van der Waals surface area (Å²) >= 11 is 5.85. The Morgan fingerprint density at radius 3 is 2.67 bits per heavy atom. The maximum Gasteiger partial charge on any atom is 0.255 e. The van der Waals surface area contributed by atoms with E-state index in [9.17, 15) is 9.59 Å². The first-order chi connectivity index (χ1) is 9.90. The SMILES string of the molecule is CC(C)c1nc(Cl)cc(=O)n1Cc1ccccc1C(N)=O. The van der Waals surface area contributed by atoms with Crippen LogP contribution in [0.3, 0.4) is 0 Å². The van der Waals surface area contributed by atoms with Crippen LogP contribution in [0.25, 0.3) is 0 Å². The van der Waals surface area contributed by atoms with Crippen LogP contribution in [0.1, 0.15) is 41.5 Å². The molecule has 0 fully saturated rings. The Bertz CT molecular complexity index is 738. The van der Waals surface area contributed by atoms with Crippen molar-refractivity contribution < 1.29 is 4.79 Å². The molecule has 0 saturated heterocycles. The maximum atomic E-state index is 12.2. The van der Waals surface area contributed by atoms with Crippen LogP contribution in [0, 0.1) is 0 Å². The third-order valence-corrected chi connectivity index (χ3v) is 3.33. The molecule has 0 unspecified atom stereocenters. The number of carbonyl (C=O) groups is 1. The number of primary amides is 1. The molecule has 0 bridgehead atoms. The minimum absolute atomic E-state index is 0.0251. The quantitative estimate of drug-likeness (QED) is 0.879. The topological polar surface area (TPSA) is 78.0 Å². The van der Waals surface area contributed by atoms with Gasteiger partial charge in [-0.2, -0.15) is 0 Å². The van der Waals surface area contributed by atoms with Gasteiger partial charge in [0.2, 0.25) is 5.91 Å². The molecular formula is C15H16ClN3O2. The number of rotatable bonds is 4. The fourth-order valence-corrected chi connectivity index (χ4v) is 2.34. The molecule has 2 N–H and O–H groups in total. The van der Waals surface area contributed by atoms with Crippen molar-refractivity contribution in [2.24, 2.45) is 5.73 Å². The molecule has 2 aromatic rings. The maximum absolute atomic E-state index is 12.2. The molecule has 0 aliphatic carbocycles. The molecule has 0 saturated carbocycles. The molecule has 1 aromatic carbocycles. The van der Waals surface area contributed by atoms with E-state index in [1.165, 1.54) is 10.6 Å². The van der Waals surface area contributed by atoms with E-state index >= 15 is 0 Å². The van der Waals surface area contributed by atoms with Gasteiger partial charge in [-0.3, -0.25) is 14.2 Å². The fourth-order valence-electron chi connectivity index (χ4n) is 2.16. The first-order valence-corrected chi connectivity index (χ1v) is 6.93. The summed E-state index contributed by atoms with van der Waals surface area (Å²) in [5.41, 5.74) is 6.19. The average molecular weight is 306 g/mol. The third kappa shape index (κ3) is 3.31. The number of nitrogens with zero attached hydrogens (tertiary/aromatic N) is 2. The van der Waals surface area contributed by atoms with Gasteiger partial charge in [-0.25, -0.2) is 4.98 Å². The van der Waals surface area contributed by atoms with Crippen LogP contribution in [0.5, 0.6) is 0 Å². The van der Waals surface area contributed by atoms with Gasteiger partial charge in [0.05, 0.1) is 6.54 Å². The smallest absolute Gasteiger partial charge is 0.255 e. The second kappa shape index (κ2) is 6.10. The molecule has 1 amide bonds. The van der Waals surface area contributed by atoms with Crippen molar-refractivity contribution in [1.29, 1.82) is 0 Å². The van der Waals surface area contributed by atoms with Gasteiger partial charge in [0.25, 0.3) is 5.56 Å². The molecule has 0 spiro atoms. The molecule has 5 nitrogen and oxygen atoms in total. The normalized spacial score (nSPS) is 10.9. The van der Waals surface area contributed by atoms with Gasteiger partial charge in [-0.15, -0.1) is 0 Å². The molecule has 0 atom stereocenters. The summed E-state index contributed by atoms with van der Waals surface area (Å²) < 4.78 is 1.51. The lowest BCUT2D eigenvalue weighted by atomic mass is 10.1. The van der Waals surface area contributed by atoms with Crippen molar-refractivity contribution in [2.75, 3.05) is 0 Å². The summed E-state index contributed by atoms with van der Waals surface area (Å²) in [5.74, 6) is 0.0792. The first-order valence-electron chi connectivity index (χ1n) is 6.55. The predicted molar refractivity (Wildman–Crippen MR) is 81.7 cm³/mol. The number of halogens is 1. The number of amides is 1. The third-order valence-electron chi connectivity index (χ3n) is 3.13. The van der Waals surface area contributed by atoms with E-state index in [0.717, 1.165) is 0 Å². The van der Waals surface area contributed by atoms with Crippen molar-refractivity contribution in [3.63, 3.8) is 0 Å². The lowest BCUT2D eigenvalue weighted by molar-refractivity contribution is 0.0999. The highest BCUT2D eigenvalue weighted by Crippen LogP contribution is 2.16. The molecular weight excluding hydrogens is 290 g/mol. The van der Waals surface area contributed by atoms with Crippen LogP contribution in [-0.4, -0.2) is 15.5 Å². The number of aromatic nitrogens is 2. The minimum Gasteiger partial charge on any atom is -0.366 e. The molecule has 0 aliphatic heterocycles. The van der Waals surface area contributed by atoms with E-state index in [0.29, 0.717) is 17.0 Å². The van der Waals surface area contributed by atoms with Gasteiger partial charge in [0.1, 0.15) is 11.0 Å². The zero-order valence-corrected chi connectivity index (χ0v) is 12.6. The van der Waals surface area contributed by atoms with Crippen LogP contribution in [0.2, 0.25) is 5.15 Å². The van der Waals surface area contributed by atoms with Crippen molar-refractivity contribution >= 4 is 17.5 Å². The van der Waals surface area contributed by atoms with Gasteiger partial charge >= 0.3 is 0 Å². The second-order valence-electron chi connectivity index (χ2n) is 5.04. The van der Waals surface area contributed by atoms with E-state index in [1.807, 2.05) is 13.8 Å². The van der Waals surface area contributed by atoms with Crippen molar-refractivity contribution in [3.8, 4) is 0 Å². The molecule has 0 aliphatic rings. The Labute approximate surface area is 127 Å². The van der Waals surface area contributed by atoms with Crippen molar-refractivity contribution in [1.82, 2.24) is 9.55 Å². The van der Waals surface area contributed by atoms with Crippen LogP contribution in [0.4, 0.5) is 0 Å². The van der Waals surface area contributed by atoms with Crippen LogP contribution >= 0.6 is 11.6 Å². The van der Waals surface area contributed by atoms with E-state index in [1.54, 1.807) is 24.3 Å². The summed E-state index contributed by atoms with van der Waals surface area (Å²) in [5, 5.41) is 0.170. The van der Waals surface area contributed by atoms with Gasteiger partial charge in [-0.1, -0.05) is 43.6 Å². The zero-order chi connectivity index (χ0) is 15.6. The molecule has 1 aromatic heterocycles. The fraction of sp³-hybridized carbons (Fsp3) is 0.267. The molecule has 2 rings (SSSR count). The Balaban J connectivity index is 2.55. The van der Waals surface area contributed by atoms with Crippen LogP contribution < -0.4 is 11.3 Å². The van der Waals surface area contributed by atoms with E-state index < -0.39 is 5.91 Å². The summed E-state index contributed by atoms with van der Waals surface area (Å²) in [4.78, 5) is 27.9. The number of hydrogen-bond acceptors (Lipinski definition) is 3. The van der Waals surface area contributed by atoms with Crippen molar-refractivity contribution in [3.05, 3.63) is 62.8 Å². The summed E-state index contributed by atoms with van der Waals surface area (Å²) in [6, 6.07) is 8.20. The number of benzene rings is 1. The number of hydrogen-bond donors (Lipinski definition) is 1. The van der Waals surface area contributed by atoms with Gasteiger partial charge in [0, 0.05) is 17.5 Å². The second-order valence-corrected chi connectivity index (χ2v) is 5.42. The highest BCUT2D eigenvalue weighted by Gasteiger charge is 2.14. The van der Waals surface area contributed by atoms with E-state index in [4.69, 9.17) is 17.3 Å². The lowest BCUT2D eigenvalue weighted by Gasteiger charge is -2.16. The summed E-state index contributed by atoms with van der Waals surface area (Å²) in [7, 11) is 0. The monoisotopic (exact) mass is 305 g/mol. The predicted octanol–water partition coefficient (Wildman–Crippen LogP) is 2.17. The molecule has 0 radical (unpaired) electrons. The average Bonchev–Trinajstić information content (AvgIpc) is 2.41. The summed E-state index contributed by atoms with van der Waals surface area (Å²) in [6.07, 6.45) is 0. The highest BCUT2D eigenvalue weighted by atomic mass is 35.5. The van der Waals surface area contributed by atoms with Crippen molar-refractivity contribution in [2.45, 2.75) is 26.3 Å². The first kappa shape index (κ1) is 15.3. The largest absolute Gasteiger partial charge is 0.366 e. The highest BCUT2D eigenvalue weighted by molar-refractivity contribution is 6.29. The van der Waals surface area contributed by atoms with Gasteiger partial charge < -0.3 is 5.73 Å². The Hall–Kier alpha value is -2.14. The lowest BCUT2D eigenvalue weighted by Crippen LogP contribution is -2.27. The van der Waals surface area contributed by atoms with Gasteiger partial charge in [-0.05, 0) is 11.6 Å². The molecule has 6 heteroatoms. The Morgan fingerprint density at radius 1 is 1.38 bits per heavy atom.